The average Bonchev–Trinajstić information content (AvgIpc) is 2.71. The summed E-state index contributed by atoms with van der Waals surface area (Å²) in [5.74, 6) is -0.338. The fourth-order valence-corrected chi connectivity index (χ4v) is 2.88. The third kappa shape index (κ3) is 3.74. The zero-order valence-corrected chi connectivity index (χ0v) is 15.9. The van der Waals surface area contributed by atoms with Crippen LogP contribution in [0.25, 0.3) is 11.8 Å². The van der Waals surface area contributed by atoms with Crippen LogP contribution >= 0.6 is 11.6 Å². The summed E-state index contributed by atoms with van der Waals surface area (Å²) in [7, 11) is 0. The normalized spacial score (nSPS) is 13.1. The first-order chi connectivity index (χ1) is 11.9. The van der Waals surface area contributed by atoms with Crippen molar-refractivity contribution < 1.29 is 4.39 Å². The molecule has 0 amide bonds. The van der Waals surface area contributed by atoms with Crippen molar-refractivity contribution in [2.45, 2.75) is 41.0 Å². The van der Waals surface area contributed by atoms with Gasteiger partial charge in [0.15, 0.2) is 0 Å². The van der Waals surface area contributed by atoms with Gasteiger partial charge in [0.05, 0.1) is 5.69 Å². The molecule has 0 fully saturated rings. The molecule has 3 nitrogen and oxygen atoms in total. The molecule has 25 heavy (non-hydrogen) atoms. The quantitative estimate of drug-likeness (QED) is 0.710. The zero-order valence-electron chi connectivity index (χ0n) is 15.2. The number of nitrogens with zero attached hydrogens (tertiary/aromatic N) is 2. The summed E-state index contributed by atoms with van der Waals surface area (Å²) in [4.78, 5) is 17.1. The van der Waals surface area contributed by atoms with Gasteiger partial charge in [0.1, 0.15) is 16.5 Å². The summed E-state index contributed by atoms with van der Waals surface area (Å²) >= 11 is 6.25. The fraction of sp³-hybridized carbons (Fsp3) is 0.300. The highest BCUT2D eigenvalue weighted by Gasteiger charge is 2.12. The highest BCUT2D eigenvalue weighted by Crippen LogP contribution is 2.16. The maximum absolute atomic E-state index is 13.4. The standard InChI is InChI=1S/C18H16ClFN2O.C2H6/c1-10-4-6-14-11(2)9-16(23)22(18(14)21-17(10)19)15-7-5-13(20)8-12(15)3;1-2/h5-9H,4H2,1-3H3;1-2H3. The van der Waals surface area contributed by atoms with Crippen LogP contribution in [0, 0.1) is 19.7 Å². The zero-order chi connectivity index (χ0) is 18.7. The van der Waals surface area contributed by atoms with E-state index in [1.165, 1.54) is 16.7 Å². The third-order valence-corrected chi connectivity index (χ3v) is 4.41. The molecule has 2 aromatic rings. The molecular formula is C20H22ClFN2O. The lowest BCUT2D eigenvalue weighted by Gasteiger charge is -2.11. The van der Waals surface area contributed by atoms with Crippen LogP contribution in [0.2, 0.25) is 0 Å². The molecule has 132 valence electrons. The SMILES string of the molecule is CC.CC1=C(Cl)N=c2c(c(C)cc(=O)n2-c2ccc(F)cc2C)=CC1. The molecule has 0 saturated carbocycles. The van der Waals surface area contributed by atoms with Crippen molar-refractivity contribution in [3.8, 4) is 5.69 Å². The molecule has 1 aliphatic rings. The average molecular weight is 361 g/mol. The summed E-state index contributed by atoms with van der Waals surface area (Å²) < 4.78 is 14.9. The predicted molar refractivity (Wildman–Crippen MR) is 101 cm³/mol. The minimum Gasteiger partial charge on any atom is -0.269 e. The van der Waals surface area contributed by atoms with E-state index in [0.29, 0.717) is 28.3 Å². The maximum atomic E-state index is 13.4. The summed E-state index contributed by atoms with van der Waals surface area (Å²) in [5, 5.41) is 1.27. The lowest BCUT2D eigenvalue weighted by Crippen LogP contribution is -2.43. The second kappa shape index (κ2) is 7.79. The van der Waals surface area contributed by atoms with Crippen molar-refractivity contribution in [2.24, 2.45) is 4.99 Å². The monoisotopic (exact) mass is 360 g/mol. The van der Waals surface area contributed by atoms with Gasteiger partial charge in [-0.25, -0.2) is 9.38 Å². The molecule has 0 spiro atoms. The first-order valence-electron chi connectivity index (χ1n) is 8.32. The Morgan fingerprint density at radius 2 is 1.80 bits per heavy atom. The van der Waals surface area contributed by atoms with Crippen molar-refractivity contribution in [3.05, 3.63) is 73.0 Å². The van der Waals surface area contributed by atoms with Gasteiger partial charge in [-0.05, 0) is 62.1 Å². The van der Waals surface area contributed by atoms with Gasteiger partial charge >= 0.3 is 0 Å². The predicted octanol–water partition coefficient (Wildman–Crippen LogP) is 3.89. The summed E-state index contributed by atoms with van der Waals surface area (Å²) in [5.41, 5.74) is 3.34. The van der Waals surface area contributed by atoms with Crippen molar-refractivity contribution in [1.82, 2.24) is 4.57 Å². The van der Waals surface area contributed by atoms with Crippen molar-refractivity contribution >= 4 is 17.7 Å². The Labute approximate surface area is 151 Å². The second-order valence-electron chi connectivity index (χ2n) is 5.76. The molecular weight excluding hydrogens is 339 g/mol. The first kappa shape index (κ1) is 19.1. The van der Waals surface area contributed by atoms with Gasteiger partial charge in [0.25, 0.3) is 5.56 Å². The highest BCUT2D eigenvalue weighted by molar-refractivity contribution is 6.29. The Balaban J connectivity index is 0.00000109. The van der Waals surface area contributed by atoms with E-state index in [0.717, 1.165) is 16.4 Å². The van der Waals surface area contributed by atoms with E-state index in [4.69, 9.17) is 11.6 Å². The Kier molecular flexibility index (Phi) is 5.96. The molecule has 1 aromatic heterocycles. The molecule has 0 bridgehead atoms. The number of allylic oxidation sites excluding steroid dienone is 1. The molecule has 3 rings (SSSR count). The van der Waals surface area contributed by atoms with Crippen LogP contribution in [-0.4, -0.2) is 4.57 Å². The van der Waals surface area contributed by atoms with E-state index in [1.807, 2.05) is 33.8 Å². The van der Waals surface area contributed by atoms with E-state index in [9.17, 15) is 9.18 Å². The number of hydrogen-bond acceptors (Lipinski definition) is 2. The molecule has 0 N–H and O–H groups in total. The number of aryl methyl sites for hydroxylation is 2. The largest absolute Gasteiger partial charge is 0.269 e. The minimum absolute atomic E-state index is 0.211. The minimum atomic E-state index is -0.338. The Bertz CT molecular complexity index is 1020. The second-order valence-corrected chi connectivity index (χ2v) is 6.12. The van der Waals surface area contributed by atoms with Crippen LogP contribution in [0.3, 0.4) is 0 Å². The first-order valence-corrected chi connectivity index (χ1v) is 8.69. The lowest BCUT2D eigenvalue weighted by molar-refractivity contribution is 0.625. The van der Waals surface area contributed by atoms with Gasteiger partial charge in [0.2, 0.25) is 0 Å². The Morgan fingerprint density at radius 3 is 2.44 bits per heavy atom. The van der Waals surface area contributed by atoms with E-state index in [2.05, 4.69) is 4.99 Å². The van der Waals surface area contributed by atoms with Gasteiger partial charge in [-0.3, -0.25) is 9.36 Å². The fourth-order valence-electron chi connectivity index (χ4n) is 2.72. The summed E-state index contributed by atoms with van der Waals surface area (Å²) in [6.07, 6.45) is 2.70. The van der Waals surface area contributed by atoms with Crippen LogP contribution in [0.4, 0.5) is 4.39 Å². The number of pyridine rings is 1. The Hall–Kier alpha value is -2.20. The maximum Gasteiger partial charge on any atom is 0.257 e. The third-order valence-electron chi connectivity index (χ3n) is 4.01. The van der Waals surface area contributed by atoms with Gasteiger partial charge < -0.3 is 0 Å². The Morgan fingerprint density at radius 1 is 1.12 bits per heavy atom. The molecule has 0 unspecified atom stereocenters. The molecule has 5 heteroatoms. The molecule has 2 heterocycles. The lowest BCUT2D eigenvalue weighted by atomic mass is 10.1. The number of rotatable bonds is 1. The van der Waals surface area contributed by atoms with Gasteiger partial charge in [-0.2, -0.15) is 0 Å². The number of aromatic nitrogens is 1. The molecule has 1 aliphatic heterocycles. The van der Waals surface area contributed by atoms with Crippen molar-refractivity contribution in [1.29, 1.82) is 0 Å². The molecule has 0 radical (unpaired) electrons. The summed E-state index contributed by atoms with van der Waals surface area (Å²) in [6, 6.07) is 5.90. The van der Waals surface area contributed by atoms with E-state index in [-0.39, 0.29) is 11.4 Å². The number of fused-ring (bicyclic) bond motifs is 1. The van der Waals surface area contributed by atoms with Crippen molar-refractivity contribution in [2.75, 3.05) is 0 Å². The van der Waals surface area contributed by atoms with Crippen LogP contribution in [-0.2, 0) is 0 Å². The number of benzene rings is 1. The number of hydrogen-bond donors (Lipinski definition) is 0. The van der Waals surface area contributed by atoms with Gasteiger partial charge in [0, 0.05) is 11.3 Å². The van der Waals surface area contributed by atoms with E-state index < -0.39 is 0 Å². The van der Waals surface area contributed by atoms with Gasteiger partial charge in [-0.1, -0.05) is 31.5 Å². The van der Waals surface area contributed by atoms with Crippen LogP contribution in [0.1, 0.15) is 38.3 Å². The summed E-state index contributed by atoms with van der Waals surface area (Å²) in [6.45, 7) is 9.55. The van der Waals surface area contributed by atoms with E-state index >= 15 is 0 Å². The topological polar surface area (TPSA) is 34.4 Å². The van der Waals surface area contributed by atoms with E-state index in [1.54, 1.807) is 19.1 Å². The molecule has 0 saturated heterocycles. The molecule has 0 atom stereocenters. The van der Waals surface area contributed by atoms with Crippen molar-refractivity contribution in [3.63, 3.8) is 0 Å². The van der Waals surface area contributed by atoms with Crippen LogP contribution in [0.5, 0.6) is 0 Å². The van der Waals surface area contributed by atoms with Crippen LogP contribution in [0.15, 0.2) is 44.8 Å². The molecule has 0 aliphatic carbocycles. The highest BCUT2D eigenvalue weighted by atomic mass is 35.5. The van der Waals surface area contributed by atoms with Gasteiger partial charge in [-0.15, -0.1) is 0 Å². The van der Waals surface area contributed by atoms with Crippen LogP contribution < -0.4 is 16.3 Å². The smallest absolute Gasteiger partial charge is 0.257 e. The number of halogens is 2. The molecule has 1 aromatic carbocycles.